The zero-order chi connectivity index (χ0) is 12.4. The summed E-state index contributed by atoms with van der Waals surface area (Å²) < 4.78 is 0. The molecule has 0 aliphatic heterocycles. The van der Waals surface area contributed by atoms with Crippen LogP contribution in [0.3, 0.4) is 0 Å². The number of carboxylic acid groups (broad SMARTS) is 2. The van der Waals surface area contributed by atoms with Gasteiger partial charge >= 0.3 is 11.9 Å². The topological polar surface area (TPSA) is 153 Å². The van der Waals surface area contributed by atoms with Gasteiger partial charge in [-0.1, -0.05) is 0 Å². The van der Waals surface area contributed by atoms with Gasteiger partial charge in [0, 0.05) is 0 Å². The Morgan fingerprint density at radius 2 is 1.60 bits per heavy atom. The highest BCUT2D eigenvalue weighted by Gasteiger charge is 2.08. The molecule has 0 heterocycles. The van der Waals surface area contributed by atoms with Crippen LogP contribution in [-0.4, -0.2) is 40.8 Å². The van der Waals surface area contributed by atoms with Crippen molar-refractivity contribution in [1.82, 2.24) is 0 Å². The summed E-state index contributed by atoms with van der Waals surface area (Å²) in [4.78, 5) is 19.6. The van der Waals surface area contributed by atoms with Crippen LogP contribution in [-0.2, 0) is 9.59 Å². The van der Waals surface area contributed by atoms with Gasteiger partial charge in [0.1, 0.15) is 12.1 Å². The minimum Gasteiger partial charge on any atom is -0.480 e. The molecule has 0 spiro atoms. The van der Waals surface area contributed by atoms with Gasteiger partial charge in [0.2, 0.25) is 0 Å². The average Bonchev–Trinajstić information content (AvgIpc) is 2.14. The van der Waals surface area contributed by atoms with Crippen LogP contribution in [0.2, 0.25) is 0 Å². The molecule has 0 bridgehead atoms. The van der Waals surface area contributed by atoms with Crippen molar-refractivity contribution in [2.75, 3.05) is 6.54 Å². The summed E-state index contributed by atoms with van der Waals surface area (Å²) in [6.07, 6.45) is 1.14. The van der Waals surface area contributed by atoms with E-state index in [-0.39, 0.29) is 0 Å². The number of nitrogens with two attached hydrogens (primary N) is 3. The van der Waals surface area contributed by atoms with Gasteiger partial charge in [0.25, 0.3) is 0 Å². The highest BCUT2D eigenvalue weighted by molar-refractivity contribution is 5.73. The van der Waals surface area contributed by atoms with Crippen LogP contribution >= 0.6 is 0 Å². The highest BCUT2D eigenvalue weighted by Crippen LogP contribution is 1.91. The van der Waals surface area contributed by atoms with E-state index < -0.39 is 24.0 Å². The molecule has 15 heavy (non-hydrogen) atoms. The molecule has 0 aliphatic carbocycles. The molecule has 8 N–H and O–H groups in total. The smallest absolute Gasteiger partial charge is 0.320 e. The lowest BCUT2D eigenvalue weighted by molar-refractivity contribution is -0.139. The monoisotopic (exact) mass is 221 g/mol. The summed E-state index contributed by atoms with van der Waals surface area (Å²) in [5, 5.41) is 16.1. The number of carboxylic acids is 2. The summed E-state index contributed by atoms with van der Waals surface area (Å²) in [5.41, 5.74) is 15.1. The third kappa shape index (κ3) is 12.8. The average molecular weight is 221 g/mol. The predicted molar refractivity (Wildman–Crippen MR) is 55.2 cm³/mol. The zero-order valence-electron chi connectivity index (χ0n) is 8.72. The minimum atomic E-state index is -0.963. The zero-order valence-corrected chi connectivity index (χ0v) is 8.72. The van der Waals surface area contributed by atoms with Gasteiger partial charge in [-0.3, -0.25) is 9.59 Å². The highest BCUT2D eigenvalue weighted by atomic mass is 16.4. The van der Waals surface area contributed by atoms with Gasteiger partial charge in [-0.2, -0.15) is 0 Å². The van der Waals surface area contributed by atoms with Crippen LogP contribution in [0.1, 0.15) is 19.8 Å². The Balaban J connectivity index is 0. The van der Waals surface area contributed by atoms with E-state index in [1.807, 2.05) is 0 Å². The van der Waals surface area contributed by atoms with Gasteiger partial charge in [-0.05, 0) is 26.3 Å². The largest absolute Gasteiger partial charge is 0.480 e. The minimum absolute atomic E-state index is 0.464. The summed E-state index contributed by atoms with van der Waals surface area (Å²) in [6.45, 7) is 1.92. The molecule has 90 valence electrons. The van der Waals surface area contributed by atoms with E-state index in [4.69, 9.17) is 27.4 Å². The van der Waals surface area contributed by atoms with Crippen molar-refractivity contribution in [2.45, 2.75) is 31.8 Å². The Morgan fingerprint density at radius 3 is 1.80 bits per heavy atom. The van der Waals surface area contributed by atoms with Gasteiger partial charge in [-0.25, -0.2) is 0 Å². The lowest BCUT2D eigenvalue weighted by Gasteiger charge is -2.02. The fraction of sp³-hybridized carbons (Fsp3) is 0.750. The molecule has 0 aromatic carbocycles. The normalized spacial score (nSPS) is 13.3. The number of hydrogen-bond acceptors (Lipinski definition) is 5. The van der Waals surface area contributed by atoms with Crippen LogP contribution in [0.4, 0.5) is 0 Å². The quantitative estimate of drug-likeness (QED) is 0.381. The van der Waals surface area contributed by atoms with Crippen molar-refractivity contribution in [1.29, 1.82) is 0 Å². The molecular weight excluding hydrogens is 202 g/mol. The first-order chi connectivity index (χ1) is 6.82. The standard InChI is InChI=1S/C5H12N2O2.C3H7NO2/c6-3-1-2-4(7)5(8)9;1-2(4)3(5)6/h4H,1-3,6-7H2,(H,8,9);2H,4H2,1H3,(H,5,6)/t4-;2-/m01/s1. The number of carbonyl (C=O) groups is 2. The Morgan fingerprint density at radius 1 is 1.20 bits per heavy atom. The molecule has 7 nitrogen and oxygen atoms in total. The fourth-order valence-corrected chi connectivity index (χ4v) is 0.461. The van der Waals surface area contributed by atoms with Crippen LogP contribution in [0, 0.1) is 0 Å². The molecule has 0 aromatic rings. The van der Waals surface area contributed by atoms with E-state index in [9.17, 15) is 9.59 Å². The summed E-state index contributed by atoms with van der Waals surface area (Å²) in [7, 11) is 0. The second kappa shape index (κ2) is 9.38. The molecule has 7 heteroatoms. The Kier molecular flexibility index (Phi) is 10.2. The van der Waals surface area contributed by atoms with E-state index in [1.54, 1.807) is 0 Å². The van der Waals surface area contributed by atoms with Crippen molar-refractivity contribution >= 4 is 11.9 Å². The summed E-state index contributed by atoms with van der Waals surface area (Å²) in [5.74, 6) is -1.92. The molecular formula is C8H19N3O4. The van der Waals surface area contributed by atoms with E-state index in [1.165, 1.54) is 6.92 Å². The Hall–Kier alpha value is -1.18. The molecule has 0 aliphatic rings. The molecule has 0 saturated heterocycles. The first kappa shape index (κ1) is 16.3. The first-order valence-corrected chi connectivity index (χ1v) is 4.49. The third-order valence-corrected chi connectivity index (χ3v) is 1.43. The maximum atomic E-state index is 10.0. The molecule has 0 amide bonds. The van der Waals surface area contributed by atoms with Crippen LogP contribution in [0.5, 0.6) is 0 Å². The van der Waals surface area contributed by atoms with Crippen molar-refractivity contribution in [3.63, 3.8) is 0 Å². The van der Waals surface area contributed by atoms with E-state index in [0.717, 1.165) is 0 Å². The molecule has 2 atom stereocenters. The van der Waals surface area contributed by atoms with Crippen molar-refractivity contribution in [3.05, 3.63) is 0 Å². The van der Waals surface area contributed by atoms with Crippen molar-refractivity contribution < 1.29 is 19.8 Å². The second-order valence-electron chi connectivity index (χ2n) is 3.00. The van der Waals surface area contributed by atoms with E-state index >= 15 is 0 Å². The summed E-state index contributed by atoms with van der Waals surface area (Å²) in [6, 6.07) is -1.47. The Bertz CT molecular complexity index is 196. The van der Waals surface area contributed by atoms with Crippen LogP contribution in [0.15, 0.2) is 0 Å². The first-order valence-electron chi connectivity index (χ1n) is 4.49. The second-order valence-corrected chi connectivity index (χ2v) is 3.00. The van der Waals surface area contributed by atoms with E-state index in [2.05, 4.69) is 0 Å². The van der Waals surface area contributed by atoms with Crippen LogP contribution < -0.4 is 17.2 Å². The number of aliphatic carboxylic acids is 2. The lowest BCUT2D eigenvalue weighted by Crippen LogP contribution is -2.30. The maximum absolute atomic E-state index is 10.0. The molecule has 0 fully saturated rings. The molecule has 0 rings (SSSR count). The SMILES string of the molecule is C[C@@H](N)C(=O)O.NCCC[C@H](N)C(=O)O. The molecule has 0 radical (unpaired) electrons. The number of hydrogen-bond donors (Lipinski definition) is 5. The van der Waals surface area contributed by atoms with Gasteiger partial charge in [-0.15, -0.1) is 0 Å². The number of rotatable bonds is 5. The lowest BCUT2D eigenvalue weighted by atomic mass is 10.2. The van der Waals surface area contributed by atoms with Crippen molar-refractivity contribution in [2.24, 2.45) is 17.2 Å². The van der Waals surface area contributed by atoms with Gasteiger partial charge in [0.15, 0.2) is 0 Å². The van der Waals surface area contributed by atoms with Crippen LogP contribution in [0.25, 0.3) is 0 Å². The Labute approximate surface area is 88.2 Å². The summed E-state index contributed by atoms with van der Waals surface area (Å²) >= 11 is 0. The molecule has 0 unspecified atom stereocenters. The van der Waals surface area contributed by atoms with E-state index in [0.29, 0.717) is 19.4 Å². The molecule has 0 aromatic heterocycles. The van der Waals surface area contributed by atoms with Crippen molar-refractivity contribution in [3.8, 4) is 0 Å². The van der Waals surface area contributed by atoms with Gasteiger partial charge < -0.3 is 27.4 Å². The van der Waals surface area contributed by atoms with Gasteiger partial charge in [0.05, 0.1) is 0 Å². The fourth-order valence-electron chi connectivity index (χ4n) is 0.461. The maximum Gasteiger partial charge on any atom is 0.320 e. The predicted octanol–water partition coefficient (Wildman–Crippen LogP) is -1.44. The third-order valence-electron chi connectivity index (χ3n) is 1.43. The molecule has 0 saturated carbocycles.